The molecule has 14 heteroatoms. The number of aromatic carboxylic acids is 1. The molecule has 0 amide bonds. The Morgan fingerprint density at radius 2 is 0.896 bits per heavy atom. The molecule has 4 aromatic rings. The molecule has 0 radical (unpaired) electrons. The standard InChI is InChI=1S/C15H20N2O2.C12H16N2O2.C12H18N2O.C12H16N2O.C2H6/c18-15(19)5-3-4-13-6-7-14(16-12-13)8-11-17-9-1-2-10-17;15-12(16)10-3-4-11(13-9-10)5-8-14-6-1-2-7-14;2*15-10-11-3-4-12(13-9-11)5-8-14-6-1-2-7-14;1-2/h3-4,6-7,12H,1-2,5,8-11H2,(H,18,19);3-4,9H,1-2,5-8H2,(H,15,16);3-4,9,15H,1-2,5-8,10H2;3-4,9-10H,1-2,5-8H2;1-2H3/b4-3+;;;;. The van der Waals surface area contributed by atoms with Crippen LogP contribution in [0.25, 0.3) is 6.08 Å². The van der Waals surface area contributed by atoms with Gasteiger partial charge < -0.3 is 34.9 Å². The van der Waals surface area contributed by atoms with Crippen LogP contribution in [0.1, 0.15) is 126 Å². The summed E-state index contributed by atoms with van der Waals surface area (Å²) in [6.45, 7) is 18.2. The summed E-state index contributed by atoms with van der Waals surface area (Å²) in [5, 5.41) is 26.2. The zero-order valence-corrected chi connectivity index (χ0v) is 40.2. The minimum absolute atomic E-state index is 0.0523. The van der Waals surface area contributed by atoms with Gasteiger partial charge in [0, 0.05) is 105 Å². The highest BCUT2D eigenvalue weighted by atomic mass is 16.4. The molecular weight excluding hydrogens is 845 g/mol. The Hall–Kier alpha value is -5.25. The lowest BCUT2D eigenvalue weighted by molar-refractivity contribution is -0.136. The van der Waals surface area contributed by atoms with Crippen molar-refractivity contribution in [3.05, 3.63) is 124 Å². The second-order valence-corrected chi connectivity index (χ2v) is 17.1. The summed E-state index contributed by atoms with van der Waals surface area (Å²) in [5.74, 6) is -1.73. The molecular formula is C53H76N8O6. The van der Waals surface area contributed by atoms with Gasteiger partial charge in [-0.1, -0.05) is 38.1 Å². The molecule has 0 bridgehead atoms. The van der Waals surface area contributed by atoms with E-state index in [0.717, 1.165) is 92.1 Å². The summed E-state index contributed by atoms with van der Waals surface area (Å²) in [7, 11) is 0. The van der Waals surface area contributed by atoms with E-state index in [9.17, 15) is 14.4 Å². The van der Waals surface area contributed by atoms with Crippen LogP contribution in [0.2, 0.25) is 0 Å². The Labute approximate surface area is 399 Å². The predicted molar refractivity (Wildman–Crippen MR) is 265 cm³/mol. The van der Waals surface area contributed by atoms with Crippen LogP contribution in [0, 0.1) is 0 Å². The van der Waals surface area contributed by atoms with Crippen LogP contribution in [0.3, 0.4) is 0 Å². The molecule has 0 atom stereocenters. The highest BCUT2D eigenvalue weighted by molar-refractivity contribution is 5.87. The summed E-state index contributed by atoms with van der Waals surface area (Å²) in [5.41, 5.74) is 7.02. The van der Waals surface area contributed by atoms with Crippen molar-refractivity contribution in [1.82, 2.24) is 39.5 Å². The zero-order valence-electron chi connectivity index (χ0n) is 40.2. The summed E-state index contributed by atoms with van der Waals surface area (Å²) < 4.78 is 0. The number of carboxylic acid groups (broad SMARTS) is 2. The number of nitrogens with zero attached hydrogens (tertiary/aromatic N) is 8. The van der Waals surface area contributed by atoms with Gasteiger partial charge in [0.15, 0.2) is 6.29 Å². The summed E-state index contributed by atoms with van der Waals surface area (Å²) >= 11 is 0. The van der Waals surface area contributed by atoms with E-state index in [1.807, 2.05) is 50.2 Å². The Kier molecular flexibility index (Phi) is 26.3. The number of aliphatic hydroxyl groups excluding tert-OH is 1. The van der Waals surface area contributed by atoms with Gasteiger partial charge in [-0.05, 0) is 151 Å². The predicted octanol–water partition coefficient (Wildman–Crippen LogP) is 7.40. The second kappa shape index (κ2) is 32.5. The van der Waals surface area contributed by atoms with E-state index in [4.69, 9.17) is 15.3 Å². The Balaban J connectivity index is 0.000000193. The molecule has 364 valence electrons. The average Bonchev–Trinajstić information content (AvgIpc) is 4.24. The first-order valence-corrected chi connectivity index (χ1v) is 24.6. The number of aliphatic hydroxyl groups is 1. The molecule has 67 heavy (non-hydrogen) atoms. The van der Waals surface area contributed by atoms with Gasteiger partial charge in [0.2, 0.25) is 0 Å². The second-order valence-electron chi connectivity index (χ2n) is 17.1. The molecule has 0 aromatic carbocycles. The van der Waals surface area contributed by atoms with Gasteiger partial charge in [0.25, 0.3) is 0 Å². The minimum atomic E-state index is -0.918. The van der Waals surface area contributed by atoms with Crippen molar-refractivity contribution >= 4 is 24.3 Å². The number of aldehydes is 1. The monoisotopic (exact) mass is 921 g/mol. The molecule has 8 rings (SSSR count). The van der Waals surface area contributed by atoms with Crippen molar-refractivity contribution in [2.45, 2.75) is 104 Å². The van der Waals surface area contributed by atoms with Crippen molar-refractivity contribution in [1.29, 1.82) is 0 Å². The quantitative estimate of drug-likeness (QED) is 0.0842. The molecule has 8 heterocycles. The van der Waals surface area contributed by atoms with Crippen molar-refractivity contribution in [3.63, 3.8) is 0 Å². The number of aliphatic carboxylic acids is 1. The summed E-state index contributed by atoms with van der Waals surface area (Å²) in [4.78, 5) is 58.4. The Morgan fingerprint density at radius 3 is 1.19 bits per heavy atom. The van der Waals surface area contributed by atoms with Crippen LogP contribution in [0.5, 0.6) is 0 Å². The van der Waals surface area contributed by atoms with Crippen LogP contribution in [0.4, 0.5) is 0 Å². The van der Waals surface area contributed by atoms with E-state index in [1.165, 1.54) is 110 Å². The largest absolute Gasteiger partial charge is 0.481 e. The maximum atomic E-state index is 10.6. The summed E-state index contributed by atoms with van der Waals surface area (Å²) in [6, 6.07) is 15.2. The number of rotatable bonds is 18. The Morgan fingerprint density at radius 1 is 0.522 bits per heavy atom. The van der Waals surface area contributed by atoms with Gasteiger partial charge in [-0.25, -0.2) is 4.79 Å². The molecule has 0 saturated carbocycles. The van der Waals surface area contributed by atoms with Crippen LogP contribution >= 0.6 is 0 Å². The molecule has 14 nitrogen and oxygen atoms in total. The fourth-order valence-electron chi connectivity index (χ4n) is 8.14. The maximum Gasteiger partial charge on any atom is 0.337 e. The third-order valence-corrected chi connectivity index (χ3v) is 12.1. The summed E-state index contributed by atoms with van der Waals surface area (Å²) in [6.07, 6.45) is 25.4. The van der Waals surface area contributed by atoms with E-state index in [0.29, 0.717) is 5.56 Å². The third kappa shape index (κ3) is 22.4. The van der Waals surface area contributed by atoms with Gasteiger partial charge >= 0.3 is 11.9 Å². The number of hydrogen-bond acceptors (Lipinski definition) is 12. The lowest BCUT2D eigenvalue weighted by Crippen LogP contribution is -2.22. The van der Waals surface area contributed by atoms with Gasteiger partial charge in [0.05, 0.1) is 18.6 Å². The van der Waals surface area contributed by atoms with Gasteiger partial charge in [-0.3, -0.25) is 29.5 Å². The smallest absolute Gasteiger partial charge is 0.337 e. The fourth-order valence-corrected chi connectivity index (χ4v) is 8.14. The van der Waals surface area contributed by atoms with Crippen LogP contribution < -0.4 is 0 Å². The molecule has 4 saturated heterocycles. The molecule has 3 N–H and O–H groups in total. The fraction of sp³-hybridized carbons (Fsp3) is 0.528. The number of hydrogen-bond donors (Lipinski definition) is 3. The molecule has 4 aliphatic rings. The van der Waals surface area contributed by atoms with E-state index in [1.54, 1.807) is 42.9 Å². The average molecular weight is 921 g/mol. The highest BCUT2D eigenvalue weighted by Crippen LogP contribution is 2.13. The first-order valence-electron chi connectivity index (χ1n) is 24.6. The van der Waals surface area contributed by atoms with Gasteiger partial charge in [0.1, 0.15) is 0 Å². The topological polar surface area (TPSA) is 176 Å². The van der Waals surface area contributed by atoms with E-state index < -0.39 is 11.9 Å². The van der Waals surface area contributed by atoms with Crippen molar-refractivity contribution in [2.24, 2.45) is 0 Å². The lowest BCUT2D eigenvalue weighted by atomic mass is 10.2. The van der Waals surface area contributed by atoms with Crippen molar-refractivity contribution < 1.29 is 29.7 Å². The van der Waals surface area contributed by atoms with Crippen molar-refractivity contribution in [2.75, 3.05) is 78.5 Å². The lowest BCUT2D eigenvalue weighted by Gasteiger charge is -2.13. The number of carboxylic acids is 2. The van der Waals surface area contributed by atoms with E-state index >= 15 is 0 Å². The van der Waals surface area contributed by atoms with Crippen molar-refractivity contribution in [3.8, 4) is 0 Å². The number of aromatic nitrogens is 4. The first-order chi connectivity index (χ1) is 32.8. The SMILES string of the molecule is CC.O=C(O)C/C=C/c1ccc(CCN2CCCC2)nc1.O=C(O)c1ccc(CCN2CCCC2)nc1.O=Cc1ccc(CCN2CCCC2)nc1.OCc1ccc(CCN2CCCC2)nc1. The molecule has 4 fully saturated rings. The van der Waals surface area contributed by atoms with Crippen LogP contribution in [-0.4, -0.2) is 152 Å². The maximum absolute atomic E-state index is 10.6. The normalized spacial score (nSPS) is 16.2. The van der Waals surface area contributed by atoms with Gasteiger partial charge in [-0.2, -0.15) is 0 Å². The van der Waals surface area contributed by atoms with Crippen LogP contribution in [0.15, 0.2) is 79.4 Å². The molecule has 4 aliphatic heterocycles. The molecule has 0 aliphatic carbocycles. The number of likely N-dealkylation sites (tertiary alicyclic amines) is 4. The van der Waals surface area contributed by atoms with Gasteiger partial charge in [-0.15, -0.1) is 0 Å². The molecule has 0 spiro atoms. The zero-order chi connectivity index (χ0) is 47.9. The third-order valence-electron chi connectivity index (χ3n) is 12.1. The minimum Gasteiger partial charge on any atom is -0.481 e. The molecule has 4 aromatic heterocycles. The number of carbonyl (C=O) groups excluding carboxylic acids is 1. The van der Waals surface area contributed by atoms with E-state index in [2.05, 4.69) is 39.5 Å². The van der Waals surface area contributed by atoms with E-state index in [-0.39, 0.29) is 18.6 Å². The first kappa shape index (κ1) is 54.4. The van der Waals surface area contributed by atoms with Crippen LogP contribution in [-0.2, 0) is 37.1 Å². The molecule has 0 unspecified atom stereocenters. The Bertz CT molecular complexity index is 1970. The number of pyridine rings is 4. The number of carbonyl (C=O) groups is 3. The highest BCUT2D eigenvalue weighted by Gasteiger charge is 2.14.